The van der Waals surface area contributed by atoms with Gasteiger partial charge in [0.05, 0.1) is 17.2 Å². The van der Waals surface area contributed by atoms with Crippen molar-refractivity contribution in [2.24, 2.45) is 0 Å². The van der Waals surface area contributed by atoms with Crippen LogP contribution in [0.25, 0.3) is 0 Å². The molecule has 0 aliphatic heterocycles. The minimum Gasteiger partial charge on any atom is -0.454 e. The van der Waals surface area contributed by atoms with Gasteiger partial charge in [0.15, 0.2) is 12.4 Å². The summed E-state index contributed by atoms with van der Waals surface area (Å²) < 4.78 is 5.18. The fourth-order valence-electron chi connectivity index (χ4n) is 2.59. The van der Waals surface area contributed by atoms with Gasteiger partial charge < -0.3 is 10.1 Å². The Morgan fingerprint density at radius 3 is 2.34 bits per heavy atom. The molecule has 29 heavy (non-hydrogen) atoms. The average Bonchev–Trinajstić information content (AvgIpc) is 2.78. The molecule has 0 heterocycles. The molecule has 3 aromatic rings. The summed E-state index contributed by atoms with van der Waals surface area (Å²) in [5.74, 6) is -0.819. The largest absolute Gasteiger partial charge is 0.454 e. The number of anilines is 2. The summed E-state index contributed by atoms with van der Waals surface area (Å²) in [5, 5.41) is 12.0. The van der Waals surface area contributed by atoms with Crippen LogP contribution in [0.5, 0.6) is 0 Å². The highest BCUT2D eigenvalue weighted by Crippen LogP contribution is 2.19. The van der Waals surface area contributed by atoms with E-state index in [1.165, 1.54) is 0 Å². The first-order chi connectivity index (χ1) is 14.1. The van der Waals surface area contributed by atoms with Crippen molar-refractivity contribution in [3.63, 3.8) is 0 Å². The second-order valence-corrected chi connectivity index (χ2v) is 7.00. The molecular formula is C23H18N2O3S. The molecule has 5 nitrogen and oxygen atoms in total. The summed E-state index contributed by atoms with van der Waals surface area (Å²) in [5.41, 5.74) is 2.91. The maximum absolute atomic E-state index is 12.3. The van der Waals surface area contributed by atoms with Gasteiger partial charge in [-0.1, -0.05) is 18.2 Å². The van der Waals surface area contributed by atoms with Crippen LogP contribution in [0.15, 0.2) is 77.7 Å². The minimum atomic E-state index is -0.567. The number of nitrogens with zero attached hydrogens (tertiary/aromatic N) is 1. The summed E-state index contributed by atoms with van der Waals surface area (Å²) in [6.45, 7) is -0.315. The molecule has 3 rings (SSSR count). The Morgan fingerprint density at radius 2 is 1.69 bits per heavy atom. The quantitative estimate of drug-likeness (QED) is 0.338. The lowest BCUT2D eigenvalue weighted by atomic mass is 10.1. The maximum atomic E-state index is 12.3. The topological polar surface area (TPSA) is 79.2 Å². The highest BCUT2D eigenvalue weighted by molar-refractivity contribution is 7.98. The fraction of sp³-hybridized carbons (Fsp3) is 0.0870. The van der Waals surface area contributed by atoms with E-state index >= 15 is 0 Å². The van der Waals surface area contributed by atoms with Crippen LogP contribution in [0.2, 0.25) is 0 Å². The van der Waals surface area contributed by atoms with Gasteiger partial charge in [0.2, 0.25) is 0 Å². The summed E-state index contributed by atoms with van der Waals surface area (Å²) in [6.07, 6.45) is 1.96. The molecule has 6 heteroatoms. The lowest BCUT2D eigenvalue weighted by Gasteiger charge is -2.09. The number of thioether (sulfide) groups is 1. The Balaban J connectivity index is 1.61. The molecule has 144 valence electrons. The Morgan fingerprint density at radius 1 is 0.966 bits per heavy atom. The Kier molecular flexibility index (Phi) is 6.67. The third kappa shape index (κ3) is 5.47. The van der Waals surface area contributed by atoms with Gasteiger partial charge in [-0.15, -0.1) is 11.8 Å². The predicted molar refractivity (Wildman–Crippen MR) is 114 cm³/mol. The molecular weight excluding hydrogens is 384 g/mol. The van der Waals surface area contributed by atoms with Crippen molar-refractivity contribution >= 4 is 34.9 Å². The van der Waals surface area contributed by atoms with Gasteiger partial charge in [0.1, 0.15) is 0 Å². The molecule has 0 radical (unpaired) electrons. The Hall–Kier alpha value is -3.56. The third-order valence-corrected chi connectivity index (χ3v) is 4.89. The van der Waals surface area contributed by atoms with E-state index in [2.05, 4.69) is 11.4 Å². The number of carbonyl (C=O) groups is 2. The molecule has 0 bridgehead atoms. The van der Waals surface area contributed by atoms with Crippen LogP contribution < -0.4 is 5.32 Å². The number of Topliss-reactive ketones (excluding diaryl/α,β-unsaturated/α-hetero) is 1. The van der Waals surface area contributed by atoms with Gasteiger partial charge >= 0.3 is 5.97 Å². The van der Waals surface area contributed by atoms with Crippen LogP contribution >= 0.6 is 11.8 Å². The number of hydrogen-bond acceptors (Lipinski definition) is 6. The van der Waals surface area contributed by atoms with Crippen molar-refractivity contribution in [3.8, 4) is 6.07 Å². The van der Waals surface area contributed by atoms with E-state index in [-0.39, 0.29) is 12.4 Å². The highest BCUT2D eigenvalue weighted by Gasteiger charge is 2.12. The second-order valence-electron chi connectivity index (χ2n) is 6.12. The number of ketones is 1. The van der Waals surface area contributed by atoms with Gasteiger partial charge in [0.25, 0.3) is 0 Å². The molecule has 0 spiro atoms. The normalized spacial score (nSPS) is 10.1. The summed E-state index contributed by atoms with van der Waals surface area (Å²) in [7, 11) is 0. The summed E-state index contributed by atoms with van der Waals surface area (Å²) >= 11 is 1.59. The van der Waals surface area contributed by atoms with E-state index < -0.39 is 5.97 Å². The smallest absolute Gasteiger partial charge is 0.338 e. The zero-order valence-corrected chi connectivity index (χ0v) is 16.5. The standard InChI is InChI=1S/C23H18N2O3S/c1-29-21-11-7-17(8-12-21)22(26)15-28-23(27)18-3-2-4-20(13-18)25-19-9-5-16(14-24)6-10-19/h2-13,25H,15H2,1H3. The zero-order valence-electron chi connectivity index (χ0n) is 15.7. The van der Waals surface area contributed by atoms with Crippen LogP contribution in [0.3, 0.4) is 0 Å². The molecule has 0 aliphatic carbocycles. The van der Waals surface area contributed by atoms with Crippen molar-refractivity contribution in [2.75, 3.05) is 18.2 Å². The first-order valence-electron chi connectivity index (χ1n) is 8.80. The number of ether oxygens (including phenoxy) is 1. The van der Waals surface area contributed by atoms with Crippen molar-refractivity contribution in [1.82, 2.24) is 0 Å². The van der Waals surface area contributed by atoms with Gasteiger partial charge in [0, 0.05) is 21.8 Å². The molecule has 0 saturated carbocycles. The molecule has 1 N–H and O–H groups in total. The lowest BCUT2D eigenvalue weighted by molar-refractivity contribution is 0.0475. The van der Waals surface area contributed by atoms with Crippen molar-refractivity contribution in [3.05, 3.63) is 89.5 Å². The van der Waals surface area contributed by atoms with E-state index in [4.69, 9.17) is 10.00 Å². The van der Waals surface area contributed by atoms with Gasteiger partial charge in [-0.2, -0.15) is 5.26 Å². The SMILES string of the molecule is CSc1ccc(C(=O)COC(=O)c2cccc(Nc3ccc(C#N)cc3)c2)cc1. The lowest BCUT2D eigenvalue weighted by Crippen LogP contribution is -2.14. The second kappa shape index (κ2) is 9.58. The fourth-order valence-corrected chi connectivity index (χ4v) is 3.00. The van der Waals surface area contributed by atoms with Gasteiger partial charge in [-0.3, -0.25) is 4.79 Å². The third-order valence-electron chi connectivity index (χ3n) is 4.15. The summed E-state index contributed by atoms with van der Waals surface area (Å²) in [4.78, 5) is 25.6. The number of rotatable bonds is 7. The van der Waals surface area contributed by atoms with E-state index in [1.54, 1.807) is 66.4 Å². The minimum absolute atomic E-state index is 0.252. The van der Waals surface area contributed by atoms with Crippen LogP contribution in [0.1, 0.15) is 26.3 Å². The van der Waals surface area contributed by atoms with Crippen molar-refractivity contribution in [2.45, 2.75) is 4.90 Å². The van der Waals surface area contributed by atoms with E-state index in [9.17, 15) is 9.59 Å². The molecule has 0 aromatic heterocycles. The van der Waals surface area contributed by atoms with Crippen molar-refractivity contribution < 1.29 is 14.3 Å². The van der Waals surface area contributed by atoms with Crippen molar-refractivity contribution in [1.29, 1.82) is 5.26 Å². The molecule has 0 saturated heterocycles. The number of carbonyl (C=O) groups excluding carboxylic acids is 2. The first kappa shape index (κ1) is 20.2. The summed E-state index contributed by atoms with van der Waals surface area (Å²) in [6, 6.07) is 23.0. The monoisotopic (exact) mass is 402 g/mol. The number of esters is 1. The highest BCUT2D eigenvalue weighted by atomic mass is 32.2. The van der Waals surface area contributed by atoms with E-state index in [0.717, 1.165) is 10.6 Å². The van der Waals surface area contributed by atoms with Crippen LogP contribution in [0, 0.1) is 11.3 Å². The predicted octanol–water partition coefficient (Wildman–Crippen LogP) is 5.06. The number of nitriles is 1. The molecule has 3 aromatic carbocycles. The maximum Gasteiger partial charge on any atom is 0.338 e. The first-order valence-corrected chi connectivity index (χ1v) is 10.0. The molecule has 0 amide bonds. The molecule has 0 aliphatic rings. The van der Waals surface area contributed by atoms with Crippen LogP contribution in [-0.2, 0) is 4.74 Å². The number of hydrogen-bond donors (Lipinski definition) is 1. The van der Waals surface area contributed by atoms with Gasteiger partial charge in [-0.05, 0) is 60.9 Å². The average molecular weight is 402 g/mol. The van der Waals surface area contributed by atoms with E-state index in [1.807, 2.05) is 24.5 Å². The van der Waals surface area contributed by atoms with Crippen LogP contribution in [0.4, 0.5) is 11.4 Å². The number of benzene rings is 3. The number of nitrogens with one attached hydrogen (secondary N) is 1. The Labute approximate surface area is 173 Å². The molecule has 0 atom stereocenters. The molecule has 0 fully saturated rings. The van der Waals surface area contributed by atoms with Gasteiger partial charge in [-0.25, -0.2) is 4.79 Å². The molecule has 0 unspecified atom stereocenters. The van der Waals surface area contributed by atoms with Crippen LogP contribution in [-0.4, -0.2) is 24.6 Å². The zero-order chi connectivity index (χ0) is 20.6. The Bertz CT molecular complexity index is 1050. The van der Waals surface area contributed by atoms with E-state index in [0.29, 0.717) is 22.4 Å².